The van der Waals surface area contributed by atoms with Crippen LogP contribution in [-0.4, -0.2) is 37.4 Å². The summed E-state index contributed by atoms with van der Waals surface area (Å²) < 4.78 is 15.7. The lowest BCUT2D eigenvalue weighted by atomic mass is 9.95. The fourth-order valence-corrected chi connectivity index (χ4v) is 2.77. The molecule has 3 rings (SSSR count). The topological polar surface area (TPSA) is 106 Å². The minimum absolute atomic E-state index is 0.129. The summed E-state index contributed by atoms with van der Waals surface area (Å²) in [5, 5.41) is 15.6. The molecule has 0 bridgehead atoms. The zero-order chi connectivity index (χ0) is 20.1. The second-order valence-electron chi connectivity index (χ2n) is 6.52. The van der Waals surface area contributed by atoms with Crippen molar-refractivity contribution in [2.24, 2.45) is 0 Å². The summed E-state index contributed by atoms with van der Waals surface area (Å²) in [6.45, 7) is 1.67. The summed E-state index contributed by atoms with van der Waals surface area (Å²) >= 11 is 0. The van der Waals surface area contributed by atoms with Gasteiger partial charge in [-0.2, -0.15) is 0 Å². The Morgan fingerprint density at radius 3 is 2.61 bits per heavy atom. The Morgan fingerprint density at radius 2 is 1.82 bits per heavy atom. The summed E-state index contributed by atoms with van der Waals surface area (Å²) in [5.74, 6) is 0.107. The molecule has 2 aromatic rings. The lowest BCUT2D eigenvalue weighted by Gasteiger charge is -2.24. The monoisotopic (exact) mass is 386 g/mol. The number of benzene rings is 2. The lowest BCUT2D eigenvalue weighted by Crippen LogP contribution is -2.45. The van der Waals surface area contributed by atoms with Crippen LogP contribution in [0.1, 0.15) is 18.1 Å². The molecule has 8 heteroatoms. The largest absolute Gasteiger partial charge is 0.496 e. The highest BCUT2D eigenvalue weighted by Crippen LogP contribution is 2.35. The van der Waals surface area contributed by atoms with E-state index in [4.69, 9.17) is 14.2 Å². The van der Waals surface area contributed by atoms with Crippen LogP contribution in [0.3, 0.4) is 0 Å². The van der Waals surface area contributed by atoms with Gasteiger partial charge in [0.15, 0.2) is 11.5 Å². The molecule has 8 nitrogen and oxygen atoms in total. The average molecular weight is 386 g/mol. The van der Waals surface area contributed by atoms with Gasteiger partial charge in [-0.1, -0.05) is 24.3 Å². The number of hydrogen-bond donors (Lipinski definition) is 3. The second kappa shape index (κ2) is 8.18. The van der Waals surface area contributed by atoms with Gasteiger partial charge in [0.2, 0.25) is 6.79 Å². The Balaban J connectivity index is 1.54. The standard InChI is InChI=1S/C20H22N2O6/c1-20(25,14-7-8-16-17(9-14)28-12-27-16)11-22-19(24)18(23)21-10-13-5-3-4-6-15(13)26-2/h3-9,25H,10-12H2,1-2H3,(H,21,23)(H,22,24)/t20-/m0/s1. The van der Waals surface area contributed by atoms with E-state index in [0.29, 0.717) is 22.8 Å². The van der Waals surface area contributed by atoms with Gasteiger partial charge in [0.1, 0.15) is 11.4 Å². The number of rotatable bonds is 6. The van der Waals surface area contributed by atoms with Gasteiger partial charge in [0.25, 0.3) is 0 Å². The lowest BCUT2D eigenvalue weighted by molar-refractivity contribution is -0.139. The maximum absolute atomic E-state index is 12.1. The molecule has 1 aliphatic rings. The Morgan fingerprint density at radius 1 is 1.11 bits per heavy atom. The minimum Gasteiger partial charge on any atom is -0.496 e. The fourth-order valence-electron chi connectivity index (χ4n) is 2.77. The molecule has 0 saturated heterocycles. The average Bonchev–Trinajstić information content (AvgIpc) is 3.18. The predicted octanol–water partition coefficient (Wildman–Crippen LogP) is 1.06. The van der Waals surface area contributed by atoms with Gasteiger partial charge in [-0.15, -0.1) is 0 Å². The Hall–Kier alpha value is -3.26. The van der Waals surface area contributed by atoms with E-state index in [2.05, 4.69) is 10.6 Å². The summed E-state index contributed by atoms with van der Waals surface area (Å²) in [6, 6.07) is 12.2. The number of ether oxygens (including phenoxy) is 3. The van der Waals surface area contributed by atoms with Crippen LogP contribution >= 0.6 is 0 Å². The van der Waals surface area contributed by atoms with Crippen LogP contribution in [-0.2, 0) is 21.7 Å². The molecule has 0 aliphatic carbocycles. The quantitative estimate of drug-likeness (QED) is 0.641. The molecule has 0 aromatic heterocycles. The SMILES string of the molecule is COc1ccccc1CNC(=O)C(=O)NC[C@](C)(O)c1ccc2c(c1)OCO2. The molecule has 148 valence electrons. The maximum atomic E-state index is 12.1. The highest BCUT2D eigenvalue weighted by Gasteiger charge is 2.27. The van der Waals surface area contributed by atoms with E-state index in [-0.39, 0.29) is 19.9 Å². The highest BCUT2D eigenvalue weighted by molar-refractivity contribution is 6.35. The number of nitrogens with one attached hydrogen (secondary N) is 2. The molecule has 1 heterocycles. The van der Waals surface area contributed by atoms with Gasteiger partial charge in [-0.3, -0.25) is 9.59 Å². The fraction of sp³-hybridized carbons (Fsp3) is 0.300. The molecule has 0 saturated carbocycles. The van der Waals surface area contributed by atoms with Gasteiger partial charge in [-0.25, -0.2) is 0 Å². The summed E-state index contributed by atoms with van der Waals surface area (Å²) in [6.07, 6.45) is 0. The first-order valence-electron chi connectivity index (χ1n) is 8.71. The Kier molecular flexibility index (Phi) is 5.70. The molecular formula is C20H22N2O6. The molecule has 2 aromatic carbocycles. The van der Waals surface area contributed by atoms with Gasteiger partial charge in [0.05, 0.1) is 13.7 Å². The number of carbonyl (C=O) groups excluding carboxylic acids is 2. The summed E-state index contributed by atoms with van der Waals surface area (Å²) in [4.78, 5) is 24.1. The third kappa shape index (κ3) is 4.34. The second-order valence-corrected chi connectivity index (χ2v) is 6.52. The third-order valence-electron chi connectivity index (χ3n) is 4.43. The molecule has 1 atom stereocenters. The third-order valence-corrected chi connectivity index (χ3v) is 4.43. The molecule has 0 radical (unpaired) electrons. The van der Waals surface area contributed by atoms with Gasteiger partial charge in [-0.05, 0) is 30.7 Å². The van der Waals surface area contributed by atoms with Crippen LogP contribution in [0.5, 0.6) is 17.2 Å². The first-order valence-corrected chi connectivity index (χ1v) is 8.71. The van der Waals surface area contributed by atoms with E-state index >= 15 is 0 Å². The van der Waals surface area contributed by atoms with Crippen molar-refractivity contribution < 1.29 is 28.9 Å². The highest BCUT2D eigenvalue weighted by atomic mass is 16.7. The molecule has 28 heavy (non-hydrogen) atoms. The van der Waals surface area contributed by atoms with Crippen LogP contribution in [0.15, 0.2) is 42.5 Å². The van der Waals surface area contributed by atoms with Crippen molar-refractivity contribution in [2.45, 2.75) is 19.1 Å². The van der Waals surface area contributed by atoms with Crippen molar-refractivity contribution in [1.82, 2.24) is 10.6 Å². The van der Waals surface area contributed by atoms with E-state index in [1.54, 1.807) is 30.3 Å². The van der Waals surface area contributed by atoms with Crippen molar-refractivity contribution in [2.75, 3.05) is 20.4 Å². The Labute approximate surface area is 162 Å². The number of hydrogen-bond acceptors (Lipinski definition) is 6. The van der Waals surface area contributed by atoms with E-state index in [0.717, 1.165) is 5.56 Å². The van der Waals surface area contributed by atoms with E-state index in [9.17, 15) is 14.7 Å². The van der Waals surface area contributed by atoms with Gasteiger partial charge < -0.3 is 30.0 Å². The molecule has 0 spiro atoms. The number of para-hydroxylation sites is 1. The first-order chi connectivity index (χ1) is 13.4. The normalized spacial score (nSPS) is 14.1. The van der Waals surface area contributed by atoms with Crippen molar-refractivity contribution in [1.29, 1.82) is 0 Å². The first kappa shape index (κ1) is 19.5. The molecule has 0 fully saturated rings. The smallest absolute Gasteiger partial charge is 0.309 e. The van der Waals surface area contributed by atoms with Crippen molar-refractivity contribution in [3.8, 4) is 17.2 Å². The zero-order valence-electron chi connectivity index (χ0n) is 15.7. The molecule has 2 amide bonds. The molecule has 1 aliphatic heterocycles. The van der Waals surface area contributed by atoms with Crippen molar-refractivity contribution >= 4 is 11.8 Å². The van der Waals surface area contributed by atoms with Crippen LogP contribution in [0.25, 0.3) is 0 Å². The summed E-state index contributed by atoms with van der Waals surface area (Å²) in [5.41, 5.74) is -0.107. The molecule has 3 N–H and O–H groups in total. The van der Waals surface area contributed by atoms with Gasteiger partial charge >= 0.3 is 11.8 Å². The number of methoxy groups -OCH3 is 1. The van der Waals surface area contributed by atoms with E-state index in [1.165, 1.54) is 14.0 Å². The van der Waals surface area contributed by atoms with Crippen molar-refractivity contribution in [3.05, 3.63) is 53.6 Å². The van der Waals surface area contributed by atoms with Crippen LogP contribution in [0.2, 0.25) is 0 Å². The number of fused-ring (bicyclic) bond motifs is 1. The number of amides is 2. The van der Waals surface area contributed by atoms with Crippen LogP contribution in [0, 0.1) is 0 Å². The van der Waals surface area contributed by atoms with Crippen molar-refractivity contribution in [3.63, 3.8) is 0 Å². The zero-order valence-corrected chi connectivity index (χ0v) is 15.7. The van der Waals surface area contributed by atoms with Gasteiger partial charge in [0, 0.05) is 12.1 Å². The molecular weight excluding hydrogens is 364 g/mol. The van der Waals surface area contributed by atoms with Crippen LogP contribution in [0.4, 0.5) is 0 Å². The summed E-state index contributed by atoms with van der Waals surface area (Å²) in [7, 11) is 1.53. The maximum Gasteiger partial charge on any atom is 0.309 e. The minimum atomic E-state index is -1.39. The number of carbonyl (C=O) groups is 2. The molecule has 0 unspecified atom stereocenters. The number of aliphatic hydroxyl groups is 1. The predicted molar refractivity (Wildman–Crippen MR) is 100.0 cm³/mol. The van der Waals surface area contributed by atoms with E-state index in [1.807, 2.05) is 12.1 Å². The van der Waals surface area contributed by atoms with Crippen LogP contribution < -0.4 is 24.8 Å². The Bertz CT molecular complexity index is 881. The van der Waals surface area contributed by atoms with E-state index < -0.39 is 17.4 Å².